The van der Waals surface area contributed by atoms with Crippen LogP contribution >= 0.6 is 23.2 Å². The Kier molecular flexibility index (Phi) is 7.37. The van der Waals surface area contributed by atoms with Gasteiger partial charge in [-0.3, -0.25) is 4.79 Å². The molecule has 2 aromatic carbocycles. The number of methoxy groups -OCH3 is 1. The smallest absolute Gasteiger partial charge is 0.279 e. The SMILES string of the molecule is COc1ccc(NC(=O)C[NH+](C)CCOc2ccc(Cl)cc2)cc1Cl. The molecule has 0 bridgehead atoms. The van der Waals surface area contributed by atoms with Crippen molar-refractivity contribution in [2.75, 3.05) is 39.2 Å². The van der Waals surface area contributed by atoms with Crippen molar-refractivity contribution in [2.24, 2.45) is 0 Å². The standard InChI is InChI=1S/C18H20Cl2N2O3/c1-22(9-10-25-15-6-3-13(19)4-7-15)12-18(23)21-14-5-8-17(24-2)16(20)11-14/h3-8,11H,9-10,12H2,1-2H3,(H,21,23)/p+1. The number of carbonyl (C=O) groups is 1. The molecule has 0 heterocycles. The summed E-state index contributed by atoms with van der Waals surface area (Å²) in [4.78, 5) is 13.1. The molecule has 0 spiro atoms. The van der Waals surface area contributed by atoms with Gasteiger partial charge in [-0.1, -0.05) is 23.2 Å². The lowest BCUT2D eigenvalue weighted by Crippen LogP contribution is -3.10. The fraction of sp³-hybridized carbons (Fsp3) is 0.278. The van der Waals surface area contributed by atoms with Crippen LogP contribution in [0.4, 0.5) is 5.69 Å². The zero-order valence-electron chi connectivity index (χ0n) is 14.1. The highest BCUT2D eigenvalue weighted by atomic mass is 35.5. The number of amides is 1. The number of hydrogen-bond acceptors (Lipinski definition) is 3. The molecule has 2 N–H and O–H groups in total. The molecular weight excluding hydrogens is 363 g/mol. The summed E-state index contributed by atoms with van der Waals surface area (Å²) in [7, 11) is 3.48. The number of hydrogen-bond donors (Lipinski definition) is 2. The molecule has 5 nitrogen and oxygen atoms in total. The third kappa shape index (κ3) is 6.46. The Bertz CT molecular complexity index is 708. The predicted octanol–water partition coefficient (Wildman–Crippen LogP) is 2.53. The fourth-order valence-electron chi connectivity index (χ4n) is 2.19. The van der Waals surface area contributed by atoms with E-state index in [2.05, 4.69) is 5.32 Å². The zero-order chi connectivity index (χ0) is 18.2. The molecule has 1 amide bonds. The Morgan fingerprint density at radius 3 is 2.52 bits per heavy atom. The van der Waals surface area contributed by atoms with Crippen molar-refractivity contribution in [3.63, 3.8) is 0 Å². The molecular formula is C18H21Cl2N2O3+. The van der Waals surface area contributed by atoms with E-state index in [9.17, 15) is 4.79 Å². The first kappa shape index (κ1) is 19.4. The first-order valence-electron chi connectivity index (χ1n) is 7.81. The van der Waals surface area contributed by atoms with Gasteiger partial charge in [0.05, 0.1) is 19.2 Å². The van der Waals surface area contributed by atoms with Crippen molar-refractivity contribution in [1.82, 2.24) is 0 Å². The summed E-state index contributed by atoms with van der Waals surface area (Å²) in [6.45, 7) is 1.53. The minimum Gasteiger partial charge on any atom is -0.495 e. The maximum absolute atomic E-state index is 12.1. The Balaban J connectivity index is 1.74. The van der Waals surface area contributed by atoms with Crippen LogP contribution in [-0.4, -0.2) is 39.8 Å². The number of likely N-dealkylation sites (N-methyl/N-ethyl adjacent to an activating group) is 1. The topological polar surface area (TPSA) is 52.0 Å². The average Bonchev–Trinajstić information content (AvgIpc) is 2.56. The number of anilines is 1. The molecule has 0 aliphatic rings. The van der Waals surface area contributed by atoms with E-state index in [1.165, 1.54) is 0 Å². The van der Waals surface area contributed by atoms with Crippen LogP contribution in [-0.2, 0) is 4.79 Å². The van der Waals surface area contributed by atoms with Crippen molar-refractivity contribution in [2.45, 2.75) is 0 Å². The zero-order valence-corrected chi connectivity index (χ0v) is 15.7. The quantitative estimate of drug-likeness (QED) is 0.736. The molecule has 2 rings (SSSR count). The van der Waals surface area contributed by atoms with Gasteiger partial charge in [0.25, 0.3) is 5.91 Å². The highest BCUT2D eigenvalue weighted by molar-refractivity contribution is 6.32. The van der Waals surface area contributed by atoms with Gasteiger partial charge in [-0.05, 0) is 42.5 Å². The predicted molar refractivity (Wildman–Crippen MR) is 100 cm³/mol. The van der Waals surface area contributed by atoms with E-state index in [1.807, 2.05) is 19.2 Å². The molecule has 25 heavy (non-hydrogen) atoms. The molecule has 1 atom stereocenters. The van der Waals surface area contributed by atoms with Crippen molar-refractivity contribution in [3.05, 3.63) is 52.5 Å². The van der Waals surface area contributed by atoms with E-state index in [0.717, 1.165) is 10.6 Å². The maximum Gasteiger partial charge on any atom is 0.279 e. The van der Waals surface area contributed by atoms with Gasteiger partial charge in [0.2, 0.25) is 0 Å². The Morgan fingerprint density at radius 1 is 1.16 bits per heavy atom. The van der Waals surface area contributed by atoms with E-state index < -0.39 is 0 Å². The van der Waals surface area contributed by atoms with Crippen LogP contribution in [0, 0.1) is 0 Å². The number of ether oxygens (including phenoxy) is 2. The van der Waals surface area contributed by atoms with Crippen LogP contribution < -0.4 is 19.7 Å². The molecule has 0 fully saturated rings. The Morgan fingerprint density at radius 2 is 1.88 bits per heavy atom. The number of carbonyl (C=O) groups excluding carboxylic acids is 1. The van der Waals surface area contributed by atoms with Crippen molar-refractivity contribution in [3.8, 4) is 11.5 Å². The second kappa shape index (κ2) is 9.51. The minimum absolute atomic E-state index is 0.0924. The third-order valence-corrected chi connectivity index (χ3v) is 4.06. The highest BCUT2D eigenvalue weighted by Gasteiger charge is 2.11. The number of rotatable bonds is 8. The largest absolute Gasteiger partial charge is 0.495 e. The summed E-state index contributed by atoms with van der Waals surface area (Å²) < 4.78 is 10.7. The van der Waals surface area contributed by atoms with Gasteiger partial charge in [-0.2, -0.15) is 0 Å². The van der Waals surface area contributed by atoms with Gasteiger partial charge in [0.15, 0.2) is 6.54 Å². The molecule has 0 saturated heterocycles. The molecule has 0 radical (unpaired) electrons. The minimum atomic E-state index is -0.0924. The number of benzene rings is 2. The van der Waals surface area contributed by atoms with Crippen LogP contribution in [0.15, 0.2) is 42.5 Å². The van der Waals surface area contributed by atoms with E-state index in [4.69, 9.17) is 32.7 Å². The Hall–Kier alpha value is -1.95. The number of quaternary nitrogens is 1. The first-order valence-corrected chi connectivity index (χ1v) is 8.56. The highest BCUT2D eigenvalue weighted by Crippen LogP contribution is 2.27. The van der Waals surface area contributed by atoms with Crippen molar-refractivity contribution < 1.29 is 19.2 Å². The van der Waals surface area contributed by atoms with Gasteiger partial charge in [0, 0.05) is 10.7 Å². The van der Waals surface area contributed by atoms with E-state index in [0.29, 0.717) is 41.2 Å². The number of nitrogens with one attached hydrogen (secondary N) is 2. The molecule has 1 unspecified atom stereocenters. The lowest BCUT2D eigenvalue weighted by molar-refractivity contribution is -0.871. The monoisotopic (exact) mass is 383 g/mol. The summed E-state index contributed by atoms with van der Waals surface area (Å²) in [6, 6.07) is 12.3. The molecule has 2 aromatic rings. The van der Waals surface area contributed by atoms with Gasteiger partial charge in [-0.15, -0.1) is 0 Å². The molecule has 0 saturated carbocycles. The first-order chi connectivity index (χ1) is 12.0. The van der Waals surface area contributed by atoms with Crippen LogP contribution in [0.2, 0.25) is 10.0 Å². The summed E-state index contributed by atoms with van der Waals surface area (Å²) in [5.74, 6) is 1.24. The van der Waals surface area contributed by atoms with E-state index >= 15 is 0 Å². The second-order valence-electron chi connectivity index (χ2n) is 5.58. The van der Waals surface area contributed by atoms with Crippen LogP contribution in [0.5, 0.6) is 11.5 Å². The number of halogens is 2. The fourth-order valence-corrected chi connectivity index (χ4v) is 2.57. The van der Waals surface area contributed by atoms with E-state index in [1.54, 1.807) is 37.4 Å². The molecule has 0 aliphatic heterocycles. The lowest BCUT2D eigenvalue weighted by Gasteiger charge is -2.15. The van der Waals surface area contributed by atoms with Crippen LogP contribution in [0.25, 0.3) is 0 Å². The van der Waals surface area contributed by atoms with Crippen LogP contribution in [0.1, 0.15) is 0 Å². The van der Waals surface area contributed by atoms with Crippen LogP contribution in [0.3, 0.4) is 0 Å². The van der Waals surface area contributed by atoms with Gasteiger partial charge in [-0.25, -0.2) is 0 Å². The summed E-state index contributed by atoms with van der Waals surface area (Å²) in [5, 5.41) is 3.95. The lowest BCUT2D eigenvalue weighted by atomic mass is 10.3. The van der Waals surface area contributed by atoms with Crippen molar-refractivity contribution in [1.29, 1.82) is 0 Å². The second-order valence-corrected chi connectivity index (χ2v) is 6.43. The molecule has 0 aliphatic carbocycles. The average molecular weight is 384 g/mol. The molecule has 134 valence electrons. The molecule has 7 heteroatoms. The summed E-state index contributed by atoms with van der Waals surface area (Å²) >= 11 is 11.9. The maximum atomic E-state index is 12.1. The molecule has 0 aromatic heterocycles. The Labute approximate surface area is 157 Å². The normalized spacial score (nSPS) is 11.7. The summed E-state index contributed by atoms with van der Waals surface area (Å²) in [5.41, 5.74) is 0.640. The van der Waals surface area contributed by atoms with Gasteiger partial charge in [0.1, 0.15) is 24.7 Å². The summed E-state index contributed by atoms with van der Waals surface area (Å²) in [6.07, 6.45) is 0. The van der Waals surface area contributed by atoms with Gasteiger partial charge >= 0.3 is 0 Å². The van der Waals surface area contributed by atoms with Gasteiger partial charge < -0.3 is 19.7 Å². The van der Waals surface area contributed by atoms with Crippen molar-refractivity contribution >= 4 is 34.8 Å². The third-order valence-electron chi connectivity index (χ3n) is 3.51. The van der Waals surface area contributed by atoms with E-state index in [-0.39, 0.29) is 5.91 Å².